The van der Waals surface area contributed by atoms with Crippen molar-refractivity contribution in [2.24, 2.45) is 0 Å². The lowest BCUT2D eigenvalue weighted by Crippen LogP contribution is -2.33. The zero-order valence-electron chi connectivity index (χ0n) is 13.3. The van der Waals surface area contributed by atoms with Gasteiger partial charge in [0.15, 0.2) is 0 Å². The molecule has 1 aromatic rings. The lowest BCUT2D eigenvalue weighted by molar-refractivity contribution is -0.129. The Balaban J connectivity index is 2.13. The Hall–Kier alpha value is -1.59. The molecule has 2 unspecified atom stereocenters. The number of carbonyl (C=O) groups excluding carboxylic acids is 1. The normalized spacial score (nSPS) is 22.1. The highest BCUT2D eigenvalue weighted by Crippen LogP contribution is 2.27. The molecule has 0 saturated carbocycles. The molecule has 2 atom stereocenters. The van der Waals surface area contributed by atoms with Gasteiger partial charge in [-0.05, 0) is 51.7 Å². The van der Waals surface area contributed by atoms with Crippen molar-refractivity contribution in [3.05, 3.63) is 29.8 Å². The molecule has 1 heterocycles. The largest absolute Gasteiger partial charge is 0.497 e. The maximum atomic E-state index is 12.3. The first-order chi connectivity index (χ1) is 10.0. The average molecular weight is 291 g/mol. The lowest BCUT2D eigenvalue weighted by Gasteiger charge is -2.25. The number of hydrogen-bond donors (Lipinski definition) is 1. The Bertz CT molecular complexity index is 490. The molecular formula is C16H25N3O2. The minimum atomic E-state index is -0.138. The fourth-order valence-electron chi connectivity index (χ4n) is 2.66. The van der Waals surface area contributed by atoms with Crippen molar-refractivity contribution in [2.75, 3.05) is 34.3 Å². The van der Waals surface area contributed by atoms with Crippen LogP contribution in [0.4, 0.5) is 0 Å². The third-order valence-corrected chi connectivity index (χ3v) is 3.79. The topological polar surface area (TPSA) is 44.8 Å². The quantitative estimate of drug-likeness (QED) is 0.862. The van der Waals surface area contributed by atoms with Gasteiger partial charge in [0.25, 0.3) is 0 Å². The van der Waals surface area contributed by atoms with Crippen LogP contribution in [0, 0.1) is 0 Å². The second kappa shape index (κ2) is 6.91. The van der Waals surface area contributed by atoms with Gasteiger partial charge in [-0.2, -0.15) is 0 Å². The van der Waals surface area contributed by atoms with Crippen LogP contribution in [-0.4, -0.2) is 56.0 Å². The van der Waals surface area contributed by atoms with Crippen LogP contribution in [0.2, 0.25) is 0 Å². The summed E-state index contributed by atoms with van der Waals surface area (Å²) in [5.74, 6) is 0.983. The van der Waals surface area contributed by atoms with Crippen molar-refractivity contribution < 1.29 is 9.53 Å². The van der Waals surface area contributed by atoms with Gasteiger partial charge in [-0.3, -0.25) is 10.1 Å². The zero-order chi connectivity index (χ0) is 15.4. The monoisotopic (exact) mass is 291 g/mol. The molecule has 5 nitrogen and oxygen atoms in total. The third kappa shape index (κ3) is 3.74. The third-order valence-electron chi connectivity index (χ3n) is 3.79. The molecular weight excluding hydrogens is 266 g/mol. The zero-order valence-corrected chi connectivity index (χ0v) is 13.3. The number of carbonyl (C=O) groups is 1. The van der Waals surface area contributed by atoms with Crippen LogP contribution in [0.5, 0.6) is 5.75 Å². The second-order valence-corrected chi connectivity index (χ2v) is 5.76. The van der Waals surface area contributed by atoms with Gasteiger partial charge in [0.2, 0.25) is 5.91 Å². The Morgan fingerprint density at radius 1 is 1.38 bits per heavy atom. The molecule has 1 fully saturated rings. The van der Waals surface area contributed by atoms with Crippen LogP contribution in [-0.2, 0) is 4.79 Å². The molecule has 1 amide bonds. The first-order valence-corrected chi connectivity index (χ1v) is 7.38. The van der Waals surface area contributed by atoms with E-state index >= 15 is 0 Å². The molecule has 1 aromatic carbocycles. The van der Waals surface area contributed by atoms with Crippen LogP contribution in [0.15, 0.2) is 24.3 Å². The summed E-state index contributed by atoms with van der Waals surface area (Å²) in [6.45, 7) is 3.65. The standard InChI is InChI=1S/C16H25N3O2/c1-12-16(20)19(10-6-9-18(2)3)15(17-12)13-7-5-8-14(11-13)21-4/h5,7-8,11-12,15,17H,6,9-10H2,1-4H3. The Labute approximate surface area is 126 Å². The minimum Gasteiger partial charge on any atom is -0.497 e. The molecule has 116 valence electrons. The summed E-state index contributed by atoms with van der Waals surface area (Å²) in [7, 11) is 5.75. The summed E-state index contributed by atoms with van der Waals surface area (Å²) < 4.78 is 5.28. The number of rotatable bonds is 6. The van der Waals surface area contributed by atoms with Crippen molar-refractivity contribution in [3.63, 3.8) is 0 Å². The van der Waals surface area contributed by atoms with Gasteiger partial charge < -0.3 is 14.5 Å². The van der Waals surface area contributed by atoms with E-state index in [1.807, 2.05) is 50.2 Å². The average Bonchev–Trinajstić information content (AvgIpc) is 2.75. The van der Waals surface area contributed by atoms with Crippen LogP contribution >= 0.6 is 0 Å². The molecule has 0 aliphatic carbocycles. The fourth-order valence-corrected chi connectivity index (χ4v) is 2.66. The molecule has 5 heteroatoms. The van der Waals surface area contributed by atoms with Gasteiger partial charge in [-0.15, -0.1) is 0 Å². The van der Waals surface area contributed by atoms with Crippen molar-refractivity contribution >= 4 is 5.91 Å². The molecule has 1 N–H and O–H groups in total. The highest BCUT2D eigenvalue weighted by atomic mass is 16.5. The second-order valence-electron chi connectivity index (χ2n) is 5.76. The summed E-state index contributed by atoms with van der Waals surface area (Å²) in [5.41, 5.74) is 1.07. The van der Waals surface area contributed by atoms with Gasteiger partial charge in [-0.1, -0.05) is 12.1 Å². The summed E-state index contributed by atoms with van der Waals surface area (Å²) in [5, 5.41) is 3.37. The van der Waals surface area contributed by atoms with Crippen molar-refractivity contribution in [1.29, 1.82) is 0 Å². The molecule has 1 aliphatic rings. The van der Waals surface area contributed by atoms with Crippen molar-refractivity contribution in [2.45, 2.75) is 25.6 Å². The van der Waals surface area contributed by atoms with Gasteiger partial charge >= 0.3 is 0 Å². The smallest absolute Gasteiger partial charge is 0.241 e. The van der Waals surface area contributed by atoms with E-state index < -0.39 is 0 Å². The maximum absolute atomic E-state index is 12.3. The van der Waals surface area contributed by atoms with Crippen molar-refractivity contribution in [3.8, 4) is 5.75 Å². The van der Waals surface area contributed by atoms with E-state index in [1.165, 1.54) is 0 Å². The molecule has 1 aliphatic heterocycles. The molecule has 0 radical (unpaired) electrons. The summed E-state index contributed by atoms with van der Waals surface area (Å²) in [6.07, 6.45) is 0.901. The predicted molar refractivity (Wildman–Crippen MR) is 83.2 cm³/mol. The first kappa shape index (κ1) is 15.8. The number of amides is 1. The van der Waals surface area contributed by atoms with Crippen LogP contribution in [0.3, 0.4) is 0 Å². The van der Waals surface area contributed by atoms with E-state index in [0.717, 1.165) is 30.8 Å². The van der Waals surface area contributed by atoms with E-state index in [2.05, 4.69) is 10.2 Å². The highest BCUT2D eigenvalue weighted by molar-refractivity contribution is 5.84. The van der Waals surface area contributed by atoms with Gasteiger partial charge in [-0.25, -0.2) is 0 Å². The van der Waals surface area contributed by atoms with Crippen LogP contribution in [0.25, 0.3) is 0 Å². The van der Waals surface area contributed by atoms with E-state index in [1.54, 1.807) is 7.11 Å². The van der Waals surface area contributed by atoms with Crippen molar-refractivity contribution in [1.82, 2.24) is 15.1 Å². The molecule has 0 bridgehead atoms. The molecule has 0 spiro atoms. The van der Waals surface area contributed by atoms with E-state index in [0.29, 0.717) is 0 Å². The van der Waals surface area contributed by atoms with Gasteiger partial charge in [0.05, 0.1) is 13.2 Å². The maximum Gasteiger partial charge on any atom is 0.241 e. The van der Waals surface area contributed by atoms with Crippen LogP contribution < -0.4 is 10.1 Å². The molecule has 21 heavy (non-hydrogen) atoms. The predicted octanol–water partition coefficient (Wildman–Crippen LogP) is 1.47. The number of benzene rings is 1. The fraction of sp³-hybridized carbons (Fsp3) is 0.562. The lowest BCUT2D eigenvalue weighted by atomic mass is 10.1. The SMILES string of the molecule is COc1cccc(C2NC(C)C(=O)N2CCCN(C)C)c1. The Kier molecular flexibility index (Phi) is 5.20. The highest BCUT2D eigenvalue weighted by Gasteiger charge is 2.36. The first-order valence-electron chi connectivity index (χ1n) is 7.38. The Morgan fingerprint density at radius 2 is 2.14 bits per heavy atom. The summed E-state index contributed by atoms with van der Waals surface area (Å²) in [4.78, 5) is 16.4. The number of ether oxygens (including phenoxy) is 1. The molecule has 2 rings (SSSR count). The number of methoxy groups -OCH3 is 1. The van der Waals surface area contributed by atoms with Crippen LogP contribution in [0.1, 0.15) is 25.1 Å². The minimum absolute atomic E-state index is 0.0650. The van der Waals surface area contributed by atoms with Gasteiger partial charge in [0.1, 0.15) is 11.9 Å². The summed E-state index contributed by atoms with van der Waals surface area (Å²) >= 11 is 0. The summed E-state index contributed by atoms with van der Waals surface area (Å²) in [6, 6.07) is 7.76. The number of nitrogens with zero attached hydrogens (tertiary/aromatic N) is 2. The van der Waals surface area contributed by atoms with E-state index in [9.17, 15) is 4.79 Å². The Morgan fingerprint density at radius 3 is 2.81 bits per heavy atom. The molecule has 1 saturated heterocycles. The molecule has 0 aromatic heterocycles. The number of hydrogen-bond acceptors (Lipinski definition) is 4. The number of nitrogens with one attached hydrogen (secondary N) is 1. The van der Waals surface area contributed by atoms with Gasteiger partial charge in [0, 0.05) is 6.54 Å². The van der Waals surface area contributed by atoms with E-state index in [4.69, 9.17) is 4.74 Å². The van der Waals surface area contributed by atoms with E-state index in [-0.39, 0.29) is 18.1 Å².